The zero-order valence-corrected chi connectivity index (χ0v) is 21.2. The Kier molecular flexibility index (Phi) is 9.55. The van der Waals surface area contributed by atoms with Gasteiger partial charge in [-0.1, -0.05) is 60.7 Å². The fourth-order valence-electron chi connectivity index (χ4n) is 4.25. The molecule has 1 heterocycles. The second-order valence-electron chi connectivity index (χ2n) is 8.88. The molecule has 1 amide bonds. The highest BCUT2D eigenvalue weighted by Crippen LogP contribution is 2.39. The Balaban J connectivity index is 1.56. The molecule has 1 fully saturated rings. The first kappa shape index (κ1) is 26.4. The standard InChI is InChI=1S/C29H33NO5S/c1-20(33)30-17-22-4-2-5-24(14-22)25-6-3-7-26(15-25)29-34-27(19-36-13-12-31)16-28(35-29)23-10-8-21(18-32)9-11-23/h2-11,14-15,27-29,31-32H,12-13,16-19H2,1H3,(H,30,33)/t27-,28+,29+/m0/s1. The second-order valence-corrected chi connectivity index (χ2v) is 10.0. The molecular weight excluding hydrogens is 474 g/mol. The molecule has 4 rings (SSSR count). The minimum absolute atomic E-state index is 0.0107. The van der Waals surface area contributed by atoms with Gasteiger partial charge in [0, 0.05) is 37.0 Å². The molecule has 1 aliphatic rings. The number of benzene rings is 3. The van der Waals surface area contributed by atoms with E-state index < -0.39 is 6.29 Å². The molecule has 0 aromatic heterocycles. The van der Waals surface area contributed by atoms with Crippen LogP contribution >= 0.6 is 11.8 Å². The zero-order valence-electron chi connectivity index (χ0n) is 20.4. The molecule has 0 spiro atoms. The maximum Gasteiger partial charge on any atom is 0.217 e. The van der Waals surface area contributed by atoms with Crippen molar-refractivity contribution < 1.29 is 24.5 Å². The third kappa shape index (κ3) is 7.18. The molecule has 1 aliphatic heterocycles. The molecule has 0 radical (unpaired) electrons. The number of carbonyl (C=O) groups is 1. The Morgan fingerprint density at radius 2 is 1.69 bits per heavy atom. The smallest absolute Gasteiger partial charge is 0.217 e. The highest BCUT2D eigenvalue weighted by molar-refractivity contribution is 7.99. The van der Waals surface area contributed by atoms with Gasteiger partial charge in [0.2, 0.25) is 5.91 Å². The summed E-state index contributed by atoms with van der Waals surface area (Å²) < 4.78 is 12.8. The fraction of sp³-hybridized carbons (Fsp3) is 0.345. The van der Waals surface area contributed by atoms with Gasteiger partial charge in [0.25, 0.3) is 0 Å². The van der Waals surface area contributed by atoms with Gasteiger partial charge >= 0.3 is 0 Å². The Bertz CT molecular complexity index is 1140. The van der Waals surface area contributed by atoms with E-state index in [4.69, 9.17) is 9.47 Å². The lowest BCUT2D eigenvalue weighted by Crippen LogP contribution is -2.31. The second kappa shape index (κ2) is 13.0. The number of amides is 1. The van der Waals surface area contributed by atoms with Crippen LogP contribution in [0.1, 0.15) is 48.0 Å². The molecule has 3 N–H and O–H groups in total. The van der Waals surface area contributed by atoms with Gasteiger partial charge in [-0.15, -0.1) is 0 Å². The van der Waals surface area contributed by atoms with Crippen molar-refractivity contribution in [3.63, 3.8) is 0 Å². The minimum atomic E-state index is -0.525. The van der Waals surface area contributed by atoms with Crippen molar-refractivity contribution in [3.05, 3.63) is 95.1 Å². The molecule has 1 saturated heterocycles. The number of aliphatic hydroxyl groups is 2. The van der Waals surface area contributed by atoms with Gasteiger partial charge in [-0.05, 0) is 39.9 Å². The summed E-state index contributed by atoms with van der Waals surface area (Å²) in [6, 6.07) is 24.2. The van der Waals surface area contributed by atoms with Crippen molar-refractivity contribution in [2.45, 2.75) is 45.0 Å². The molecule has 7 heteroatoms. The number of aliphatic hydroxyl groups excluding tert-OH is 2. The lowest BCUT2D eigenvalue weighted by molar-refractivity contribution is -0.245. The van der Waals surface area contributed by atoms with Crippen LogP contribution in [0.2, 0.25) is 0 Å². The summed E-state index contributed by atoms with van der Waals surface area (Å²) in [6.45, 7) is 2.16. The number of rotatable bonds is 10. The third-order valence-electron chi connectivity index (χ3n) is 6.11. The van der Waals surface area contributed by atoms with Gasteiger partial charge in [-0.25, -0.2) is 0 Å². The van der Waals surface area contributed by atoms with Gasteiger partial charge in [-0.3, -0.25) is 4.79 Å². The molecule has 0 aliphatic carbocycles. The maximum absolute atomic E-state index is 11.3. The van der Waals surface area contributed by atoms with E-state index in [-0.39, 0.29) is 31.3 Å². The van der Waals surface area contributed by atoms with Crippen molar-refractivity contribution in [2.24, 2.45) is 0 Å². The van der Waals surface area contributed by atoms with E-state index in [2.05, 4.69) is 29.6 Å². The van der Waals surface area contributed by atoms with E-state index in [0.717, 1.165) is 45.6 Å². The normalized spacial score (nSPS) is 19.7. The summed E-state index contributed by atoms with van der Waals surface area (Å²) in [5.41, 5.74) is 6.00. The van der Waals surface area contributed by atoms with Gasteiger partial charge in [0.05, 0.1) is 25.4 Å². The largest absolute Gasteiger partial charge is 0.396 e. The van der Waals surface area contributed by atoms with Crippen molar-refractivity contribution >= 4 is 17.7 Å². The average molecular weight is 508 g/mol. The van der Waals surface area contributed by atoms with Crippen LogP contribution in [0.3, 0.4) is 0 Å². The first-order chi connectivity index (χ1) is 17.6. The SMILES string of the molecule is CC(=O)NCc1cccc(-c2cccc([C@@H]3O[C@H](CSCCO)C[C@H](c4ccc(CO)cc4)O3)c2)c1. The van der Waals surface area contributed by atoms with Gasteiger partial charge in [0.1, 0.15) is 0 Å². The number of hydrogen-bond acceptors (Lipinski definition) is 6. The first-order valence-electron chi connectivity index (χ1n) is 12.2. The summed E-state index contributed by atoms with van der Waals surface area (Å²) in [7, 11) is 0. The summed E-state index contributed by atoms with van der Waals surface area (Å²) >= 11 is 1.67. The Hall–Kier alpha value is -2.68. The summed E-state index contributed by atoms with van der Waals surface area (Å²) in [4.78, 5) is 11.3. The first-order valence-corrected chi connectivity index (χ1v) is 13.3. The third-order valence-corrected chi connectivity index (χ3v) is 7.19. The summed E-state index contributed by atoms with van der Waals surface area (Å²) in [6.07, 6.45) is 0.0370. The Labute approximate surface area is 216 Å². The molecular formula is C29H33NO5S. The maximum atomic E-state index is 11.3. The average Bonchev–Trinajstić information content (AvgIpc) is 2.92. The van der Waals surface area contributed by atoms with Crippen LogP contribution < -0.4 is 5.32 Å². The number of nitrogens with one attached hydrogen (secondary N) is 1. The lowest BCUT2D eigenvalue weighted by Gasteiger charge is -2.36. The van der Waals surface area contributed by atoms with Gasteiger partial charge < -0.3 is 25.0 Å². The van der Waals surface area contributed by atoms with E-state index in [9.17, 15) is 15.0 Å². The van der Waals surface area contributed by atoms with E-state index in [1.54, 1.807) is 11.8 Å². The lowest BCUT2D eigenvalue weighted by atomic mass is 9.99. The molecule has 3 aromatic rings. The summed E-state index contributed by atoms with van der Waals surface area (Å²) in [5, 5.41) is 21.4. The molecule has 3 atom stereocenters. The highest BCUT2D eigenvalue weighted by atomic mass is 32.2. The van der Waals surface area contributed by atoms with Crippen LogP contribution in [0.25, 0.3) is 11.1 Å². The molecule has 0 bridgehead atoms. The number of ether oxygens (including phenoxy) is 2. The number of thioether (sulfide) groups is 1. The van der Waals surface area contributed by atoms with Crippen LogP contribution in [0.15, 0.2) is 72.8 Å². The van der Waals surface area contributed by atoms with E-state index in [1.165, 1.54) is 6.92 Å². The van der Waals surface area contributed by atoms with Crippen molar-refractivity contribution in [1.29, 1.82) is 0 Å². The monoisotopic (exact) mass is 507 g/mol. The van der Waals surface area contributed by atoms with Crippen LogP contribution in [0, 0.1) is 0 Å². The van der Waals surface area contributed by atoms with Crippen molar-refractivity contribution in [1.82, 2.24) is 5.32 Å². The Morgan fingerprint density at radius 3 is 2.42 bits per heavy atom. The molecule has 0 unspecified atom stereocenters. The van der Waals surface area contributed by atoms with Crippen molar-refractivity contribution in [2.75, 3.05) is 18.1 Å². The van der Waals surface area contributed by atoms with Crippen molar-refractivity contribution in [3.8, 4) is 11.1 Å². The number of carbonyl (C=O) groups excluding carboxylic acids is 1. The fourth-order valence-corrected chi connectivity index (χ4v) is 5.03. The zero-order chi connectivity index (χ0) is 25.3. The topological polar surface area (TPSA) is 88.0 Å². The van der Waals surface area contributed by atoms with Crippen LogP contribution in [-0.4, -0.2) is 40.3 Å². The van der Waals surface area contributed by atoms with Crippen LogP contribution in [-0.2, 0) is 27.4 Å². The summed E-state index contributed by atoms with van der Waals surface area (Å²) in [5.74, 6) is 1.39. The molecule has 0 saturated carbocycles. The predicted octanol–water partition coefficient (Wildman–Crippen LogP) is 4.75. The molecule has 6 nitrogen and oxygen atoms in total. The molecule has 3 aromatic carbocycles. The van der Waals surface area contributed by atoms with E-state index >= 15 is 0 Å². The van der Waals surface area contributed by atoms with E-state index in [0.29, 0.717) is 12.3 Å². The molecule has 190 valence electrons. The highest BCUT2D eigenvalue weighted by Gasteiger charge is 2.32. The van der Waals surface area contributed by atoms with Gasteiger partial charge in [0.15, 0.2) is 6.29 Å². The van der Waals surface area contributed by atoms with Gasteiger partial charge in [-0.2, -0.15) is 11.8 Å². The predicted molar refractivity (Wildman–Crippen MR) is 142 cm³/mol. The van der Waals surface area contributed by atoms with Crippen LogP contribution in [0.5, 0.6) is 0 Å². The van der Waals surface area contributed by atoms with Crippen LogP contribution in [0.4, 0.5) is 0 Å². The quantitative estimate of drug-likeness (QED) is 0.343. The van der Waals surface area contributed by atoms with E-state index in [1.807, 2.05) is 48.5 Å². The minimum Gasteiger partial charge on any atom is -0.396 e. The number of hydrogen-bond donors (Lipinski definition) is 3. The molecule has 36 heavy (non-hydrogen) atoms. The Morgan fingerprint density at radius 1 is 0.944 bits per heavy atom.